The second-order valence-corrected chi connectivity index (χ2v) is 8.07. The van der Waals surface area contributed by atoms with Gasteiger partial charge in [-0.2, -0.15) is 5.10 Å². The summed E-state index contributed by atoms with van der Waals surface area (Å²) >= 11 is 1.25. The first kappa shape index (κ1) is 18.1. The van der Waals surface area contributed by atoms with Crippen molar-refractivity contribution in [1.82, 2.24) is 15.2 Å². The molecule has 2 heterocycles. The molecule has 5 nitrogen and oxygen atoms in total. The molecule has 1 fully saturated rings. The second-order valence-electron chi connectivity index (χ2n) is 7.04. The summed E-state index contributed by atoms with van der Waals surface area (Å²) in [5.74, 6) is -2.79. The van der Waals surface area contributed by atoms with Crippen molar-refractivity contribution in [3.05, 3.63) is 41.6 Å². The van der Waals surface area contributed by atoms with Crippen LogP contribution in [0.4, 0.5) is 18.3 Å². The summed E-state index contributed by atoms with van der Waals surface area (Å²) < 4.78 is 42.8. The monoisotopic (exact) mass is 416 g/mol. The standard InChI is InChI=1S/C20H15F3N4OS/c1-2-9-15(11-7-24-27-18(11)17(23)16(9)22)8-3-4-13-14(5-8)29-20(25-13)26-19(28)10-6-12(10)21/h3-5,7,10,12H,2,6H2,1H3,(H,24,27)(H,25,26,28)/t10-,12+/m1/s1. The van der Waals surface area contributed by atoms with E-state index in [4.69, 9.17) is 0 Å². The Morgan fingerprint density at radius 1 is 1.34 bits per heavy atom. The highest BCUT2D eigenvalue weighted by molar-refractivity contribution is 7.22. The number of hydrogen-bond donors (Lipinski definition) is 2. The van der Waals surface area contributed by atoms with Crippen molar-refractivity contribution in [3.8, 4) is 11.1 Å². The summed E-state index contributed by atoms with van der Waals surface area (Å²) in [7, 11) is 0. The van der Waals surface area contributed by atoms with Crippen LogP contribution in [0.1, 0.15) is 18.9 Å². The Hall–Kier alpha value is -2.94. The van der Waals surface area contributed by atoms with Crippen LogP contribution in [0.2, 0.25) is 0 Å². The van der Waals surface area contributed by atoms with Gasteiger partial charge in [-0.15, -0.1) is 0 Å². The van der Waals surface area contributed by atoms with Gasteiger partial charge < -0.3 is 5.32 Å². The van der Waals surface area contributed by atoms with Crippen LogP contribution < -0.4 is 5.32 Å². The Kier molecular flexibility index (Phi) is 4.09. The Labute approximate surface area is 167 Å². The number of aromatic nitrogens is 3. The van der Waals surface area contributed by atoms with Crippen LogP contribution >= 0.6 is 11.3 Å². The number of carbonyl (C=O) groups excluding carboxylic acids is 1. The smallest absolute Gasteiger partial charge is 0.232 e. The van der Waals surface area contributed by atoms with Crippen LogP contribution in [0.5, 0.6) is 0 Å². The van der Waals surface area contributed by atoms with Gasteiger partial charge in [-0.1, -0.05) is 24.3 Å². The van der Waals surface area contributed by atoms with Gasteiger partial charge in [-0.25, -0.2) is 18.2 Å². The predicted molar refractivity (Wildman–Crippen MR) is 106 cm³/mol. The predicted octanol–water partition coefficient (Wildman–Crippen LogP) is 4.98. The molecule has 2 aromatic heterocycles. The lowest BCUT2D eigenvalue weighted by Crippen LogP contribution is -2.14. The molecule has 1 aliphatic rings. The van der Waals surface area contributed by atoms with Crippen LogP contribution in [0.25, 0.3) is 32.2 Å². The first-order valence-electron chi connectivity index (χ1n) is 9.16. The van der Waals surface area contributed by atoms with Gasteiger partial charge in [0.25, 0.3) is 0 Å². The number of amides is 1. The normalized spacial score (nSPS) is 18.5. The zero-order chi connectivity index (χ0) is 20.3. The number of thiazole rings is 1. The van der Waals surface area contributed by atoms with Crippen LogP contribution in [0, 0.1) is 17.6 Å². The molecule has 1 saturated carbocycles. The maximum atomic E-state index is 14.6. The number of nitrogens with one attached hydrogen (secondary N) is 2. The molecule has 0 spiro atoms. The maximum absolute atomic E-state index is 14.6. The molecular formula is C20H15F3N4OS. The number of H-pyrrole nitrogens is 1. The zero-order valence-electron chi connectivity index (χ0n) is 15.2. The Balaban J connectivity index is 1.60. The molecule has 9 heteroatoms. The molecule has 2 N–H and O–H groups in total. The molecule has 29 heavy (non-hydrogen) atoms. The molecule has 1 aliphatic carbocycles. The van der Waals surface area contributed by atoms with Crippen molar-refractivity contribution in [2.24, 2.45) is 5.92 Å². The minimum Gasteiger partial charge on any atom is -0.302 e. The van der Waals surface area contributed by atoms with E-state index >= 15 is 0 Å². The summed E-state index contributed by atoms with van der Waals surface area (Å²) in [6.45, 7) is 1.77. The third-order valence-corrected chi connectivity index (χ3v) is 6.13. The number of hydrogen-bond acceptors (Lipinski definition) is 4. The molecular weight excluding hydrogens is 401 g/mol. The number of benzene rings is 2. The first-order valence-corrected chi connectivity index (χ1v) is 9.98. The number of fused-ring (bicyclic) bond motifs is 2. The van der Waals surface area contributed by atoms with Gasteiger partial charge in [0.2, 0.25) is 5.91 Å². The van der Waals surface area contributed by atoms with E-state index in [1.807, 2.05) is 6.07 Å². The van der Waals surface area contributed by atoms with Crippen LogP contribution in [-0.4, -0.2) is 27.3 Å². The largest absolute Gasteiger partial charge is 0.302 e. The third kappa shape index (κ3) is 2.88. The summed E-state index contributed by atoms with van der Waals surface area (Å²) in [4.78, 5) is 16.3. The molecule has 1 amide bonds. The van der Waals surface area contributed by atoms with E-state index in [1.54, 1.807) is 19.1 Å². The minimum atomic E-state index is -1.07. The number of nitrogens with zero attached hydrogens (tertiary/aromatic N) is 2. The van der Waals surface area contributed by atoms with E-state index in [2.05, 4.69) is 20.5 Å². The van der Waals surface area contributed by atoms with Gasteiger partial charge in [-0.05, 0) is 41.7 Å². The van der Waals surface area contributed by atoms with Crippen molar-refractivity contribution in [2.45, 2.75) is 25.9 Å². The number of alkyl halides is 1. The summed E-state index contributed by atoms with van der Waals surface area (Å²) in [6, 6.07) is 5.37. The second kappa shape index (κ2) is 6.55. The first-order chi connectivity index (χ1) is 14.0. The average molecular weight is 416 g/mol. The van der Waals surface area contributed by atoms with Crippen molar-refractivity contribution in [2.75, 3.05) is 5.32 Å². The van der Waals surface area contributed by atoms with Crippen LogP contribution in [-0.2, 0) is 11.2 Å². The molecule has 0 aliphatic heterocycles. The SMILES string of the molecule is CCc1c(F)c(F)c2[nH]ncc2c1-c1ccc2nc(NC(=O)[C@@H]3C[C@@H]3F)sc2c1. The molecule has 0 saturated heterocycles. The molecule has 2 atom stereocenters. The quantitative estimate of drug-likeness (QED) is 0.493. The van der Waals surface area contributed by atoms with Crippen molar-refractivity contribution in [1.29, 1.82) is 0 Å². The maximum Gasteiger partial charge on any atom is 0.232 e. The van der Waals surface area contributed by atoms with Crippen LogP contribution in [0.3, 0.4) is 0 Å². The minimum absolute atomic E-state index is 0.0252. The van der Waals surface area contributed by atoms with Crippen molar-refractivity contribution < 1.29 is 18.0 Å². The molecule has 4 aromatic rings. The van der Waals surface area contributed by atoms with E-state index in [-0.39, 0.29) is 23.4 Å². The van der Waals surface area contributed by atoms with E-state index in [0.717, 1.165) is 4.70 Å². The highest BCUT2D eigenvalue weighted by Crippen LogP contribution is 2.39. The van der Waals surface area contributed by atoms with Crippen LogP contribution in [0.15, 0.2) is 24.4 Å². The number of rotatable bonds is 4. The number of halogens is 3. The van der Waals surface area contributed by atoms with E-state index < -0.39 is 23.7 Å². The van der Waals surface area contributed by atoms with Crippen molar-refractivity contribution >= 4 is 43.5 Å². The van der Waals surface area contributed by atoms with Gasteiger partial charge in [0.05, 0.1) is 22.3 Å². The van der Waals surface area contributed by atoms with Gasteiger partial charge in [0.15, 0.2) is 16.8 Å². The lowest BCUT2D eigenvalue weighted by Gasteiger charge is -2.12. The van der Waals surface area contributed by atoms with Gasteiger partial charge in [0.1, 0.15) is 11.7 Å². The molecule has 0 unspecified atom stereocenters. The Bertz CT molecular complexity index is 1280. The highest BCUT2D eigenvalue weighted by atomic mass is 32.1. The average Bonchev–Trinajstić information content (AvgIpc) is 3.09. The lowest BCUT2D eigenvalue weighted by atomic mass is 9.94. The molecule has 5 rings (SSSR count). The highest BCUT2D eigenvalue weighted by Gasteiger charge is 2.43. The third-order valence-electron chi connectivity index (χ3n) is 5.20. The number of aromatic amines is 1. The zero-order valence-corrected chi connectivity index (χ0v) is 16.0. The van der Waals surface area contributed by atoms with E-state index in [9.17, 15) is 18.0 Å². The van der Waals surface area contributed by atoms with E-state index in [0.29, 0.717) is 33.6 Å². The van der Waals surface area contributed by atoms with Gasteiger partial charge in [-0.3, -0.25) is 9.89 Å². The summed E-state index contributed by atoms with van der Waals surface area (Å²) in [5, 5.41) is 9.93. The van der Waals surface area contributed by atoms with Crippen molar-refractivity contribution in [3.63, 3.8) is 0 Å². The molecule has 2 aromatic carbocycles. The fraction of sp³-hybridized carbons (Fsp3) is 0.250. The fourth-order valence-corrected chi connectivity index (χ4v) is 4.49. The van der Waals surface area contributed by atoms with Gasteiger partial charge >= 0.3 is 0 Å². The summed E-state index contributed by atoms with van der Waals surface area (Å²) in [6.07, 6.45) is 0.969. The molecule has 148 valence electrons. The Morgan fingerprint density at radius 2 is 2.14 bits per heavy atom. The van der Waals surface area contributed by atoms with Gasteiger partial charge in [0, 0.05) is 5.39 Å². The number of carbonyl (C=O) groups is 1. The van der Waals surface area contributed by atoms with E-state index in [1.165, 1.54) is 17.5 Å². The lowest BCUT2D eigenvalue weighted by molar-refractivity contribution is -0.117. The Morgan fingerprint density at radius 3 is 2.86 bits per heavy atom. The molecule has 0 radical (unpaired) electrons. The molecule has 0 bridgehead atoms. The topological polar surface area (TPSA) is 70.7 Å². The summed E-state index contributed by atoms with van der Waals surface area (Å²) in [5.41, 5.74) is 2.24. The fourth-order valence-electron chi connectivity index (χ4n) is 3.59. The number of anilines is 1.